The monoisotopic (exact) mass is 1260 g/mol. The Balaban J connectivity index is 0.00000645. The molecule has 0 fully saturated rings. The number of benzene rings is 11. The van der Waals surface area contributed by atoms with E-state index in [1.54, 1.807) is 0 Å². The topological polar surface area (TPSA) is 35.9 Å². The number of para-hydroxylation sites is 3. The van der Waals surface area contributed by atoms with E-state index < -0.39 is 8.07 Å². The molecule has 0 aliphatic rings. The minimum atomic E-state index is -2.88. The summed E-state index contributed by atoms with van der Waals surface area (Å²) in [5, 5.41) is 7.51. The van der Waals surface area contributed by atoms with Crippen LogP contribution in [0, 0.1) is 18.5 Å². The Morgan fingerprint density at radius 3 is 1.61 bits per heavy atom. The van der Waals surface area contributed by atoms with Crippen LogP contribution < -0.4 is 30.1 Å². The number of hydrogen-bond acceptors (Lipinski definition) is 2. The first-order chi connectivity index (χ1) is 40.3. The van der Waals surface area contributed by atoms with E-state index in [1.165, 1.54) is 26.3 Å². The van der Waals surface area contributed by atoms with Crippen LogP contribution in [-0.4, -0.2) is 22.2 Å². The van der Waals surface area contributed by atoms with Crippen LogP contribution in [-0.2, 0) is 26.5 Å². The van der Waals surface area contributed by atoms with E-state index in [9.17, 15) is 0 Å². The number of hydrogen-bond donors (Lipinski definition) is 0. The first kappa shape index (κ1) is 52.9. The molecule has 0 atom stereocenters. The van der Waals surface area contributed by atoms with Gasteiger partial charge in [0, 0.05) is 44.3 Å². The summed E-state index contributed by atoms with van der Waals surface area (Å²) in [7, 11) is -2.88. The molecule has 0 unspecified atom stereocenters. The van der Waals surface area contributed by atoms with Gasteiger partial charge in [-0.05, 0) is 107 Å². The van der Waals surface area contributed by atoms with Crippen LogP contribution in [0.1, 0.15) is 26.3 Å². The summed E-state index contributed by atoms with van der Waals surface area (Å²) < 4.78 is 13.2. The van der Waals surface area contributed by atoms with Crippen LogP contribution in [0.15, 0.2) is 285 Å². The second-order valence-corrected chi connectivity index (χ2v) is 25.7. The van der Waals surface area contributed by atoms with Crippen molar-refractivity contribution in [1.82, 2.24) is 14.1 Å². The molecule has 3 heterocycles. The van der Waals surface area contributed by atoms with Crippen molar-refractivity contribution in [3.8, 4) is 62.1 Å². The molecule has 0 amide bonds. The SMILES string of the molecule is CC(C)(C)c1ccnc(-n2c3[c-]c(Oc4[c-]c(-n5[c-][n+](-c6cc(-c7ccccc7)c(-c7cccc([Si](c8ccccc8)(c8ccccc8)c8ccccc8)c7)c(-c7ccccc7)c6)c6ccccc65)ccc4)ccc3c3ccccc32)c1.[Pt]. The molecule has 5 nitrogen and oxygen atoms in total. The molecule has 0 spiro atoms. The van der Waals surface area contributed by atoms with Gasteiger partial charge in [0.1, 0.15) is 5.82 Å². The summed E-state index contributed by atoms with van der Waals surface area (Å²) in [6.45, 7) is 6.68. The third-order valence-electron chi connectivity index (χ3n) is 15.9. The molecule has 0 radical (unpaired) electrons. The standard InChI is InChI=1S/C76H56N4OSi.Pt/c1-76(2,3)57-45-46-77-74(48-57)80-70-40-20-19-39-66(70)67-44-43-61(52-73(67)80)81-60-31-24-30-58(49-60)78-53-79(72-42-22-21-41-71(72)78)59-50-68(54-25-9-4-10-26-54)75(69(51-59)55-27-11-5-12-28-55)56-29-23-38-65(47-56)82(62-32-13-6-14-33-62,63-34-15-7-16-35-63)64-36-17-8-18-37-64;/h4-48,50-51H,1-3H3;/q-2;. The number of nitrogens with zero attached hydrogens (tertiary/aromatic N) is 4. The van der Waals surface area contributed by atoms with Crippen molar-refractivity contribution in [1.29, 1.82) is 0 Å². The number of ether oxygens (including phenoxy) is 1. The maximum Gasteiger partial charge on any atom is 0.268 e. The Kier molecular flexibility index (Phi) is 14.1. The van der Waals surface area contributed by atoms with E-state index in [1.807, 2.05) is 24.4 Å². The van der Waals surface area contributed by atoms with E-state index in [0.29, 0.717) is 11.5 Å². The van der Waals surface area contributed by atoms with Crippen LogP contribution in [0.4, 0.5) is 0 Å². The van der Waals surface area contributed by atoms with Crippen molar-refractivity contribution < 1.29 is 30.4 Å². The van der Waals surface area contributed by atoms with Gasteiger partial charge in [-0.2, -0.15) is 18.2 Å². The maximum absolute atomic E-state index is 6.73. The predicted molar refractivity (Wildman–Crippen MR) is 339 cm³/mol. The van der Waals surface area contributed by atoms with Crippen molar-refractivity contribution in [2.24, 2.45) is 0 Å². The van der Waals surface area contributed by atoms with Gasteiger partial charge < -0.3 is 13.9 Å². The third kappa shape index (κ3) is 9.64. The van der Waals surface area contributed by atoms with Crippen molar-refractivity contribution in [3.63, 3.8) is 0 Å². The summed E-state index contributed by atoms with van der Waals surface area (Å²) in [6, 6.07) is 108. The molecule has 402 valence electrons. The van der Waals surface area contributed by atoms with Crippen molar-refractivity contribution in [2.75, 3.05) is 0 Å². The van der Waals surface area contributed by atoms with Crippen LogP contribution in [0.25, 0.3) is 83.4 Å². The molecule has 0 aliphatic heterocycles. The quantitative estimate of drug-likeness (QED) is 0.0529. The molecule has 0 saturated carbocycles. The smallest absolute Gasteiger partial charge is 0.268 e. The second-order valence-electron chi connectivity index (χ2n) is 21.9. The van der Waals surface area contributed by atoms with Crippen LogP contribution in [0.5, 0.6) is 11.5 Å². The van der Waals surface area contributed by atoms with Gasteiger partial charge in [0.15, 0.2) is 8.07 Å². The Labute approximate surface area is 500 Å². The molecule has 7 heteroatoms. The fourth-order valence-electron chi connectivity index (χ4n) is 12.1. The predicted octanol–water partition coefficient (Wildman–Crippen LogP) is 15.3. The molecular formula is C76H56N4OPtSi-2. The normalized spacial score (nSPS) is 11.7. The fourth-order valence-corrected chi connectivity index (χ4v) is 16.9. The Hall–Kier alpha value is -9.45. The molecule has 0 N–H and O–H groups in total. The molecule has 3 aromatic heterocycles. The molecule has 0 aliphatic carbocycles. The zero-order valence-corrected chi connectivity index (χ0v) is 49.4. The summed E-state index contributed by atoms with van der Waals surface area (Å²) in [5.41, 5.74) is 13.6. The molecule has 11 aromatic carbocycles. The molecule has 14 rings (SSSR count). The van der Waals surface area contributed by atoms with Gasteiger partial charge in [-0.1, -0.05) is 245 Å². The molecule has 0 bridgehead atoms. The minimum Gasteiger partial charge on any atom is -0.510 e. The molecule has 0 saturated heterocycles. The number of imidazole rings is 1. The van der Waals surface area contributed by atoms with E-state index in [0.717, 1.165) is 83.4 Å². The van der Waals surface area contributed by atoms with Gasteiger partial charge in [0.25, 0.3) is 6.33 Å². The van der Waals surface area contributed by atoms with Gasteiger partial charge >= 0.3 is 0 Å². The average molecular weight is 1260 g/mol. The summed E-state index contributed by atoms with van der Waals surface area (Å²) >= 11 is 0. The van der Waals surface area contributed by atoms with Gasteiger partial charge in [-0.25, -0.2) is 4.98 Å². The zero-order chi connectivity index (χ0) is 55.2. The second kappa shape index (κ2) is 22.1. The summed E-state index contributed by atoms with van der Waals surface area (Å²) in [6.07, 6.45) is 5.73. The Bertz CT molecular complexity index is 4470. The summed E-state index contributed by atoms with van der Waals surface area (Å²) in [5.74, 6) is 1.98. The van der Waals surface area contributed by atoms with Crippen molar-refractivity contribution in [2.45, 2.75) is 26.2 Å². The number of aromatic nitrogens is 4. The first-order valence-electron chi connectivity index (χ1n) is 27.9. The van der Waals surface area contributed by atoms with Gasteiger partial charge in [-0.3, -0.25) is 4.57 Å². The fraction of sp³-hybridized carbons (Fsp3) is 0.0526. The van der Waals surface area contributed by atoms with E-state index in [4.69, 9.17) is 9.72 Å². The maximum atomic E-state index is 6.73. The third-order valence-corrected chi connectivity index (χ3v) is 20.7. The van der Waals surface area contributed by atoms with Gasteiger partial charge in [0.2, 0.25) is 0 Å². The van der Waals surface area contributed by atoms with E-state index in [-0.39, 0.29) is 26.5 Å². The van der Waals surface area contributed by atoms with Gasteiger partial charge in [-0.15, -0.1) is 29.7 Å². The van der Waals surface area contributed by atoms with Crippen molar-refractivity contribution in [3.05, 3.63) is 309 Å². The van der Waals surface area contributed by atoms with Crippen molar-refractivity contribution >= 4 is 61.7 Å². The summed E-state index contributed by atoms with van der Waals surface area (Å²) in [4.78, 5) is 4.89. The molecule has 14 aromatic rings. The van der Waals surface area contributed by atoms with E-state index in [2.05, 4.69) is 314 Å². The molecule has 83 heavy (non-hydrogen) atoms. The number of rotatable bonds is 12. The number of pyridine rings is 1. The molecular weight excluding hydrogens is 1210 g/mol. The van der Waals surface area contributed by atoms with E-state index >= 15 is 0 Å². The minimum absolute atomic E-state index is 0. The zero-order valence-electron chi connectivity index (χ0n) is 46.1. The first-order valence-corrected chi connectivity index (χ1v) is 29.9. The van der Waals surface area contributed by atoms with Crippen LogP contribution >= 0.6 is 0 Å². The van der Waals surface area contributed by atoms with Crippen LogP contribution in [0.3, 0.4) is 0 Å². The number of fused-ring (bicyclic) bond motifs is 4. The largest absolute Gasteiger partial charge is 0.510 e. The Morgan fingerprint density at radius 2 is 0.988 bits per heavy atom. The van der Waals surface area contributed by atoms with Gasteiger partial charge in [0.05, 0.1) is 16.7 Å². The van der Waals surface area contributed by atoms with Crippen LogP contribution in [0.2, 0.25) is 0 Å². The average Bonchev–Trinajstić information content (AvgIpc) is 3.00. The Morgan fingerprint density at radius 1 is 0.458 bits per heavy atom.